The Hall–Kier alpha value is -3.68. The summed E-state index contributed by atoms with van der Waals surface area (Å²) in [5.41, 5.74) is 1.08. The number of nitrogens with zero attached hydrogens (tertiary/aromatic N) is 1. The first kappa shape index (κ1) is 26.4. The van der Waals surface area contributed by atoms with Gasteiger partial charge in [0.1, 0.15) is 17.3 Å². The number of hydrogen-bond donors (Lipinski definition) is 1. The van der Waals surface area contributed by atoms with E-state index in [9.17, 15) is 14.7 Å². The lowest BCUT2D eigenvalue weighted by molar-refractivity contribution is -0.132. The van der Waals surface area contributed by atoms with Crippen LogP contribution in [0.15, 0.2) is 66.2 Å². The van der Waals surface area contributed by atoms with Gasteiger partial charge in [0.25, 0.3) is 11.7 Å². The minimum absolute atomic E-state index is 0.0298. The molecular formula is C28H25Cl2NO6. The summed E-state index contributed by atoms with van der Waals surface area (Å²) >= 11 is 12.6. The highest BCUT2D eigenvalue weighted by Crippen LogP contribution is 2.44. The van der Waals surface area contributed by atoms with E-state index < -0.39 is 23.5 Å². The van der Waals surface area contributed by atoms with Gasteiger partial charge in [0.05, 0.1) is 42.0 Å². The number of methoxy groups -OCH3 is 2. The van der Waals surface area contributed by atoms with Crippen molar-refractivity contribution >= 4 is 46.3 Å². The summed E-state index contributed by atoms with van der Waals surface area (Å²) in [5, 5.41) is 11.7. The number of rotatable bonds is 7. The molecule has 1 unspecified atom stereocenters. The molecular weight excluding hydrogens is 517 g/mol. The Morgan fingerprint density at radius 3 is 2.14 bits per heavy atom. The van der Waals surface area contributed by atoms with Crippen LogP contribution in [0.25, 0.3) is 5.76 Å². The van der Waals surface area contributed by atoms with E-state index in [0.29, 0.717) is 22.7 Å². The lowest BCUT2D eigenvalue weighted by atomic mass is 9.95. The van der Waals surface area contributed by atoms with Gasteiger partial charge >= 0.3 is 0 Å². The molecule has 1 saturated heterocycles. The second kappa shape index (κ2) is 10.7. The van der Waals surface area contributed by atoms with Crippen LogP contribution in [-0.2, 0) is 9.59 Å². The Morgan fingerprint density at radius 2 is 1.57 bits per heavy atom. The minimum Gasteiger partial charge on any atom is -0.507 e. The topological polar surface area (TPSA) is 85.3 Å². The van der Waals surface area contributed by atoms with Crippen molar-refractivity contribution in [2.45, 2.75) is 26.0 Å². The van der Waals surface area contributed by atoms with Crippen LogP contribution in [0, 0.1) is 0 Å². The summed E-state index contributed by atoms with van der Waals surface area (Å²) in [5.74, 6) is -0.695. The summed E-state index contributed by atoms with van der Waals surface area (Å²) in [7, 11) is 2.92. The highest BCUT2D eigenvalue weighted by atomic mass is 35.5. The van der Waals surface area contributed by atoms with Crippen molar-refractivity contribution in [2.24, 2.45) is 0 Å². The van der Waals surface area contributed by atoms with Gasteiger partial charge in [-0.05, 0) is 55.8 Å². The van der Waals surface area contributed by atoms with Gasteiger partial charge < -0.3 is 19.3 Å². The molecule has 0 aliphatic carbocycles. The zero-order valence-corrected chi connectivity index (χ0v) is 22.1. The number of hydrogen-bond acceptors (Lipinski definition) is 6. The number of carbonyl (C=O) groups excluding carboxylic acids is 2. The second-order valence-electron chi connectivity index (χ2n) is 8.58. The maximum atomic E-state index is 13.4. The van der Waals surface area contributed by atoms with E-state index in [2.05, 4.69) is 0 Å². The molecule has 0 radical (unpaired) electrons. The van der Waals surface area contributed by atoms with Gasteiger partial charge in [-0.1, -0.05) is 41.4 Å². The van der Waals surface area contributed by atoms with Gasteiger partial charge in [0.15, 0.2) is 5.75 Å². The quantitative estimate of drug-likeness (QED) is 0.211. The Morgan fingerprint density at radius 1 is 0.919 bits per heavy atom. The molecule has 1 heterocycles. The molecule has 0 bridgehead atoms. The molecule has 3 aromatic rings. The summed E-state index contributed by atoms with van der Waals surface area (Å²) in [6.07, 6.45) is -0.0298. The third-order valence-electron chi connectivity index (χ3n) is 5.82. The Kier molecular flexibility index (Phi) is 7.66. The van der Waals surface area contributed by atoms with E-state index in [4.69, 9.17) is 37.4 Å². The van der Waals surface area contributed by atoms with Crippen molar-refractivity contribution in [1.29, 1.82) is 0 Å². The molecule has 1 aliphatic heterocycles. The average molecular weight is 542 g/mol. The molecule has 192 valence electrons. The van der Waals surface area contributed by atoms with Crippen LogP contribution in [0.5, 0.6) is 17.2 Å². The van der Waals surface area contributed by atoms with E-state index in [-0.39, 0.29) is 33.0 Å². The number of benzene rings is 3. The van der Waals surface area contributed by atoms with Crippen LogP contribution in [0.3, 0.4) is 0 Å². The SMILES string of the molecule is COc1cccc(N2C(=O)C(=O)/C(=C(/O)c3cc(Cl)c(OC)c(Cl)c3)C2c2ccc(OC(C)C)cc2)c1. The maximum absolute atomic E-state index is 13.4. The monoisotopic (exact) mass is 541 g/mol. The smallest absolute Gasteiger partial charge is 0.300 e. The standard InChI is InChI=1S/C28H25Cl2NO6/c1-15(2)37-19-10-8-16(9-11-19)24-23(25(32)17-12-21(29)27(36-4)22(30)13-17)26(33)28(34)31(24)18-6-5-7-20(14-18)35-3/h5-15,24,32H,1-4H3/b25-23+. The first-order chi connectivity index (χ1) is 17.7. The highest BCUT2D eigenvalue weighted by molar-refractivity contribution is 6.51. The van der Waals surface area contributed by atoms with Gasteiger partial charge in [-0.2, -0.15) is 0 Å². The maximum Gasteiger partial charge on any atom is 0.300 e. The van der Waals surface area contributed by atoms with E-state index in [1.165, 1.54) is 31.3 Å². The van der Waals surface area contributed by atoms with Crippen molar-refractivity contribution < 1.29 is 28.9 Å². The van der Waals surface area contributed by atoms with Gasteiger partial charge in [0.2, 0.25) is 0 Å². The summed E-state index contributed by atoms with van der Waals surface area (Å²) in [6, 6.07) is 15.7. The van der Waals surface area contributed by atoms with Crippen molar-refractivity contribution in [3.63, 3.8) is 0 Å². The number of aliphatic hydroxyl groups excluding tert-OH is 1. The number of carbonyl (C=O) groups is 2. The van der Waals surface area contributed by atoms with Gasteiger partial charge in [-0.25, -0.2) is 0 Å². The molecule has 0 saturated carbocycles. The Labute approximate surface area is 224 Å². The summed E-state index contributed by atoms with van der Waals surface area (Å²) in [4.78, 5) is 28.1. The molecule has 37 heavy (non-hydrogen) atoms. The third kappa shape index (κ3) is 5.10. The molecule has 9 heteroatoms. The van der Waals surface area contributed by atoms with E-state index in [1.54, 1.807) is 48.5 Å². The molecule has 1 N–H and O–H groups in total. The Bertz CT molecular complexity index is 1360. The van der Waals surface area contributed by atoms with Crippen LogP contribution in [0.2, 0.25) is 10.0 Å². The number of halogens is 2. The van der Waals surface area contributed by atoms with Gasteiger partial charge in [0, 0.05) is 17.3 Å². The van der Waals surface area contributed by atoms with Crippen molar-refractivity contribution in [1.82, 2.24) is 0 Å². The van der Waals surface area contributed by atoms with E-state index >= 15 is 0 Å². The first-order valence-corrected chi connectivity index (χ1v) is 12.2. The fraction of sp³-hybridized carbons (Fsp3) is 0.214. The number of anilines is 1. The van der Waals surface area contributed by atoms with Crippen LogP contribution in [0.1, 0.15) is 31.0 Å². The third-order valence-corrected chi connectivity index (χ3v) is 6.38. The minimum atomic E-state index is -0.945. The summed E-state index contributed by atoms with van der Waals surface area (Å²) < 4.78 is 16.2. The molecule has 7 nitrogen and oxygen atoms in total. The highest BCUT2D eigenvalue weighted by Gasteiger charge is 2.47. The summed E-state index contributed by atoms with van der Waals surface area (Å²) in [6.45, 7) is 3.83. The predicted molar refractivity (Wildman–Crippen MR) is 143 cm³/mol. The normalized spacial score (nSPS) is 16.8. The van der Waals surface area contributed by atoms with Crippen LogP contribution in [-0.4, -0.2) is 37.1 Å². The number of Topliss-reactive ketones (excluding diaryl/α,β-unsaturated/α-hetero) is 1. The average Bonchev–Trinajstić information content (AvgIpc) is 3.13. The molecule has 1 amide bonds. The van der Waals surface area contributed by atoms with Crippen LogP contribution >= 0.6 is 23.2 Å². The van der Waals surface area contributed by atoms with Crippen molar-refractivity contribution in [2.75, 3.05) is 19.1 Å². The van der Waals surface area contributed by atoms with E-state index in [1.807, 2.05) is 13.8 Å². The molecule has 3 aromatic carbocycles. The largest absolute Gasteiger partial charge is 0.507 e. The lowest BCUT2D eigenvalue weighted by Gasteiger charge is -2.26. The van der Waals surface area contributed by atoms with Crippen molar-refractivity contribution in [3.05, 3.63) is 87.4 Å². The molecule has 4 rings (SSSR count). The zero-order valence-electron chi connectivity index (χ0n) is 20.6. The lowest BCUT2D eigenvalue weighted by Crippen LogP contribution is -2.29. The molecule has 0 spiro atoms. The molecule has 1 atom stereocenters. The molecule has 0 aromatic heterocycles. The number of aliphatic hydroxyl groups is 1. The Balaban J connectivity index is 1.92. The predicted octanol–water partition coefficient (Wildman–Crippen LogP) is 6.42. The molecule has 1 fully saturated rings. The fourth-order valence-electron chi connectivity index (χ4n) is 4.22. The number of ether oxygens (including phenoxy) is 3. The first-order valence-electron chi connectivity index (χ1n) is 11.4. The number of ketones is 1. The van der Waals surface area contributed by atoms with Crippen molar-refractivity contribution in [3.8, 4) is 17.2 Å². The van der Waals surface area contributed by atoms with Crippen LogP contribution < -0.4 is 19.1 Å². The molecule has 1 aliphatic rings. The van der Waals surface area contributed by atoms with E-state index in [0.717, 1.165) is 0 Å². The van der Waals surface area contributed by atoms with Crippen LogP contribution in [0.4, 0.5) is 5.69 Å². The zero-order chi connectivity index (χ0) is 26.9. The van der Waals surface area contributed by atoms with Gasteiger partial charge in [-0.15, -0.1) is 0 Å². The number of amides is 1. The fourth-order valence-corrected chi connectivity index (χ4v) is 4.86. The van der Waals surface area contributed by atoms with Gasteiger partial charge in [-0.3, -0.25) is 14.5 Å². The second-order valence-corrected chi connectivity index (χ2v) is 9.39.